The SMILES string of the molecule is Clc1ccc2oc(CC3CO3)cc2c1. The first-order chi connectivity index (χ1) is 6.81. The molecule has 3 rings (SSSR count). The molecule has 0 spiro atoms. The number of rotatable bonds is 2. The summed E-state index contributed by atoms with van der Waals surface area (Å²) in [5, 5.41) is 1.81. The van der Waals surface area contributed by atoms with Gasteiger partial charge in [0, 0.05) is 16.8 Å². The van der Waals surface area contributed by atoms with E-state index < -0.39 is 0 Å². The molecule has 0 saturated carbocycles. The van der Waals surface area contributed by atoms with Crippen molar-refractivity contribution in [2.24, 2.45) is 0 Å². The molecule has 0 amide bonds. The van der Waals surface area contributed by atoms with E-state index in [1.165, 1.54) is 0 Å². The molecule has 1 aromatic carbocycles. The second-order valence-corrected chi connectivity index (χ2v) is 3.99. The van der Waals surface area contributed by atoms with Crippen molar-refractivity contribution >= 4 is 22.6 Å². The molecule has 1 aromatic heterocycles. The Morgan fingerprint density at radius 3 is 3.00 bits per heavy atom. The standard InChI is InChI=1S/C11H9ClO2/c12-8-1-2-11-7(3-8)4-9(14-11)5-10-6-13-10/h1-4,10H,5-6H2. The molecule has 1 unspecified atom stereocenters. The lowest BCUT2D eigenvalue weighted by atomic mass is 10.2. The number of halogens is 1. The Hall–Kier alpha value is -0.990. The van der Waals surface area contributed by atoms with Crippen LogP contribution in [0.25, 0.3) is 11.0 Å². The van der Waals surface area contributed by atoms with Gasteiger partial charge in [0.05, 0.1) is 12.7 Å². The van der Waals surface area contributed by atoms with E-state index in [1.54, 1.807) is 0 Å². The molecule has 1 saturated heterocycles. The average Bonchev–Trinajstić information content (AvgIpc) is 2.84. The normalized spacial score (nSPS) is 20.2. The first-order valence-electron chi connectivity index (χ1n) is 4.61. The van der Waals surface area contributed by atoms with Crippen molar-refractivity contribution in [2.45, 2.75) is 12.5 Å². The van der Waals surface area contributed by atoms with Crippen LogP contribution in [0.15, 0.2) is 28.7 Å². The largest absolute Gasteiger partial charge is 0.461 e. The summed E-state index contributed by atoms with van der Waals surface area (Å²) in [6.45, 7) is 0.859. The van der Waals surface area contributed by atoms with E-state index in [-0.39, 0.29) is 0 Å². The molecular weight excluding hydrogens is 200 g/mol. The monoisotopic (exact) mass is 208 g/mol. The van der Waals surface area contributed by atoms with Gasteiger partial charge in [0.15, 0.2) is 0 Å². The molecule has 1 aliphatic heterocycles. The van der Waals surface area contributed by atoms with Crippen LogP contribution in [0.5, 0.6) is 0 Å². The van der Waals surface area contributed by atoms with E-state index in [0.29, 0.717) is 6.10 Å². The van der Waals surface area contributed by atoms with E-state index in [4.69, 9.17) is 20.8 Å². The summed E-state index contributed by atoms with van der Waals surface area (Å²) in [7, 11) is 0. The molecular formula is C11H9ClO2. The van der Waals surface area contributed by atoms with E-state index in [0.717, 1.165) is 34.8 Å². The fourth-order valence-corrected chi connectivity index (χ4v) is 1.76. The zero-order valence-corrected chi connectivity index (χ0v) is 8.25. The minimum absolute atomic E-state index is 0.367. The Morgan fingerprint density at radius 1 is 1.36 bits per heavy atom. The number of benzene rings is 1. The van der Waals surface area contributed by atoms with Gasteiger partial charge < -0.3 is 9.15 Å². The molecule has 0 radical (unpaired) electrons. The zero-order valence-electron chi connectivity index (χ0n) is 7.50. The summed E-state index contributed by atoms with van der Waals surface area (Å²) in [5.41, 5.74) is 0.894. The van der Waals surface area contributed by atoms with Crippen LogP contribution in [0.4, 0.5) is 0 Å². The van der Waals surface area contributed by atoms with Crippen molar-refractivity contribution in [1.29, 1.82) is 0 Å². The molecule has 3 heteroatoms. The highest BCUT2D eigenvalue weighted by atomic mass is 35.5. The van der Waals surface area contributed by atoms with Gasteiger partial charge in [-0.15, -0.1) is 0 Å². The van der Waals surface area contributed by atoms with Crippen molar-refractivity contribution in [3.05, 3.63) is 35.0 Å². The molecule has 14 heavy (non-hydrogen) atoms. The van der Waals surface area contributed by atoms with Crippen LogP contribution in [-0.4, -0.2) is 12.7 Å². The molecule has 1 aliphatic rings. The molecule has 1 fully saturated rings. The van der Waals surface area contributed by atoms with Crippen molar-refractivity contribution in [3.63, 3.8) is 0 Å². The van der Waals surface area contributed by atoms with Crippen LogP contribution in [0.2, 0.25) is 5.02 Å². The Morgan fingerprint density at radius 2 is 2.21 bits per heavy atom. The Kier molecular flexibility index (Phi) is 1.79. The van der Waals surface area contributed by atoms with E-state index in [2.05, 4.69) is 0 Å². The molecule has 2 heterocycles. The van der Waals surface area contributed by atoms with Gasteiger partial charge in [-0.3, -0.25) is 0 Å². The predicted molar refractivity (Wildman–Crippen MR) is 54.7 cm³/mol. The molecule has 2 nitrogen and oxygen atoms in total. The van der Waals surface area contributed by atoms with Crippen molar-refractivity contribution in [1.82, 2.24) is 0 Å². The van der Waals surface area contributed by atoms with E-state index in [9.17, 15) is 0 Å². The van der Waals surface area contributed by atoms with Gasteiger partial charge in [0.2, 0.25) is 0 Å². The minimum atomic E-state index is 0.367. The summed E-state index contributed by atoms with van der Waals surface area (Å²) in [5.74, 6) is 0.977. The first kappa shape index (κ1) is 8.33. The van der Waals surface area contributed by atoms with Gasteiger partial charge in [0.25, 0.3) is 0 Å². The highest BCUT2D eigenvalue weighted by Crippen LogP contribution is 2.25. The van der Waals surface area contributed by atoms with Crippen molar-refractivity contribution in [3.8, 4) is 0 Å². The lowest BCUT2D eigenvalue weighted by molar-refractivity contribution is 0.392. The highest BCUT2D eigenvalue weighted by Gasteiger charge is 2.24. The number of furan rings is 1. The van der Waals surface area contributed by atoms with Gasteiger partial charge in [-0.1, -0.05) is 11.6 Å². The topological polar surface area (TPSA) is 25.7 Å². The van der Waals surface area contributed by atoms with E-state index >= 15 is 0 Å². The predicted octanol–water partition coefficient (Wildman–Crippen LogP) is 3.03. The van der Waals surface area contributed by atoms with Crippen LogP contribution in [0.1, 0.15) is 5.76 Å². The third kappa shape index (κ3) is 1.51. The molecule has 0 aliphatic carbocycles. The van der Waals surface area contributed by atoms with Gasteiger partial charge in [0.1, 0.15) is 11.3 Å². The molecule has 2 aromatic rings. The quantitative estimate of drug-likeness (QED) is 0.709. The molecule has 72 valence electrons. The second-order valence-electron chi connectivity index (χ2n) is 3.55. The third-order valence-corrected chi connectivity index (χ3v) is 2.60. The van der Waals surface area contributed by atoms with E-state index in [1.807, 2.05) is 24.3 Å². The van der Waals surface area contributed by atoms with Gasteiger partial charge in [-0.05, 0) is 24.3 Å². The zero-order chi connectivity index (χ0) is 9.54. The Labute approximate surface area is 86.4 Å². The number of hydrogen-bond donors (Lipinski definition) is 0. The maximum atomic E-state index is 5.88. The van der Waals surface area contributed by atoms with Crippen LogP contribution >= 0.6 is 11.6 Å². The summed E-state index contributed by atoms with van der Waals surface area (Å²) in [6, 6.07) is 7.68. The smallest absolute Gasteiger partial charge is 0.134 e. The third-order valence-electron chi connectivity index (χ3n) is 2.36. The van der Waals surface area contributed by atoms with Crippen molar-refractivity contribution < 1.29 is 9.15 Å². The lowest BCUT2D eigenvalue weighted by Crippen LogP contribution is -1.88. The maximum absolute atomic E-state index is 5.88. The fraction of sp³-hybridized carbons (Fsp3) is 0.273. The van der Waals surface area contributed by atoms with Crippen LogP contribution in [0.3, 0.4) is 0 Å². The van der Waals surface area contributed by atoms with Crippen LogP contribution in [-0.2, 0) is 11.2 Å². The molecule has 0 N–H and O–H groups in total. The van der Waals surface area contributed by atoms with Gasteiger partial charge in [-0.25, -0.2) is 0 Å². The minimum Gasteiger partial charge on any atom is -0.461 e. The summed E-state index contributed by atoms with van der Waals surface area (Å²) < 4.78 is 10.8. The number of epoxide rings is 1. The Bertz CT molecular complexity index is 471. The van der Waals surface area contributed by atoms with Crippen LogP contribution in [0, 0.1) is 0 Å². The van der Waals surface area contributed by atoms with Crippen LogP contribution < -0.4 is 0 Å². The molecule has 1 atom stereocenters. The van der Waals surface area contributed by atoms with Crippen molar-refractivity contribution in [2.75, 3.05) is 6.61 Å². The maximum Gasteiger partial charge on any atom is 0.134 e. The highest BCUT2D eigenvalue weighted by molar-refractivity contribution is 6.31. The van der Waals surface area contributed by atoms with Gasteiger partial charge >= 0.3 is 0 Å². The number of hydrogen-bond acceptors (Lipinski definition) is 2. The summed E-state index contributed by atoms with van der Waals surface area (Å²) >= 11 is 5.88. The number of ether oxygens (including phenoxy) is 1. The molecule has 0 bridgehead atoms. The lowest BCUT2D eigenvalue weighted by Gasteiger charge is -1.88. The fourth-order valence-electron chi connectivity index (χ4n) is 1.58. The average molecular weight is 209 g/mol. The second kappa shape index (κ2) is 3.01. The van der Waals surface area contributed by atoms with Gasteiger partial charge in [-0.2, -0.15) is 0 Å². The summed E-state index contributed by atoms with van der Waals surface area (Å²) in [4.78, 5) is 0. The first-order valence-corrected chi connectivity index (χ1v) is 4.99. The number of fused-ring (bicyclic) bond motifs is 1. The summed E-state index contributed by atoms with van der Waals surface area (Å²) in [6.07, 6.45) is 1.23. The Balaban J connectivity index is 2.01.